The molecule has 0 fully saturated rings. The molecule has 2 aromatic rings. The molecule has 0 unspecified atom stereocenters. The number of anilines is 2. The van der Waals surface area contributed by atoms with Crippen LogP contribution >= 0.6 is 11.6 Å². The van der Waals surface area contributed by atoms with Crippen molar-refractivity contribution in [2.24, 2.45) is 0 Å². The second-order valence-corrected chi connectivity index (χ2v) is 5.48. The lowest BCUT2D eigenvalue weighted by Crippen LogP contribution is -2.12. The average Bonchev–Trinajstić information content (AvgIpc) is 2.92. The maximum absolute atomic E-state index is 6.26. The van der Waals surface area contributed by atoms with Crippen LogP contribution in [0.3, 0.4) is 0 Å². The largest absolute Gasteiger partial charge is 0.454 e. The lowest BCUT2D eigenvalue weighted by molar-refractivity contribution is 0.174. The summed E-state index contributed by atoms with van der Waals surface area (Å²) in [6.45, 7) is 0.989. The highest BCUT2D eigenvalue weighted by atomic mass is 35.5. The van der Waals surface area contributed by atoms with Crippen molar-refractivity contribution in [2.45, 2.75) is 6.54 Å². The van der Waals surface area contributed by atoms with Crippen molar-refractivity contribution in [3.63, 3.8) is 0 Å². The summed E-state index contributed by atoms with van der Waals surface area (Å²) in [5, 5.41) is 4.15. The van der Waals surface area contributed by atoms with E-state index in [1.807, 2.05) is 55.4 Å². The first-order chi connectivity index (χ1) is 10.1. The second-order valence-electron chi connectivity index (χ2n) is 5.07. The molecule has 21 heavy (non-hydrogen) atoms. The number of nitrogens with one attached hydrogen (secondary N) is 1. The van der Waals surface area contributed by atoms with Gasteiger partial charge in [0.2, 0.25) is 6.79 Å². The number of hydrogen-bond donors (Lipinski definition) is 1. The predicted molar refractivity (Wildman–Crippen MR) is 85.7 cm³/mol. The van der Waals surface area contributed by atoms with Crippen LogP contribution in [0.2, 0.25) is 5.02 Å². The number of para-hydroxylation sites is 1. The molecule has 0 aromatic heterocycles. The zero-order chi connectivity index (χ0) is 14.8. The fourth-order valence-electron chi connectivity index (χ4n) is 2.36. The van der Waals surface area contributed by atoms with Crippen molar-refractivity contribution < 1.29 is 9.47 Å². The third-order valence-corrected chi connectivity index (χ3v) is 3.66. The topological polar surface area (TPSA) is 33.7 Å². The van der Waals surface area contributed by atoms with E-state index >= 15 is 0 Å². The van der Waals surface area contributed by atoms with E-state index in [0.29, 0.717) is 13.3 Å². The normalized spacial score (nSPS) is 12.3. The van der Waals surface area contributed by atoms with Crippen molar-refractivity contribution in [3.05, 3.63) is 47.0 Å². The number of halogens is 1. The fourth-order valence-corrected chi connectivity index (χ4v) is 2.70. The monoisotopic (exact) mass is 304 g/mol. The van der Waals surface area contributed by atoms with E-state index in [1.165, 1.54) is 0 Å². The summed E-state index contributed by atoms with van der Waals surface area (Å²) in [5.41, 5.74) is 3.12. The highest BCUT2D eigenvalue weighted by Crippen LogP contribution is 2.34. The molecule has 0 amide bonds. The SMILES string of the molecule is CN(C)c1c(Cl)cccc1NCc1ccc2c(c1)OCO2. The summed E-state index contributed by atoms with van der Waals surface area (Å²) in [6.07, 6.45) is 0. The predicted octanol–water partition coefficient (Wildman–Crippen LogP) is 3.75. The van der Waals surface area contributed by atoms with E-state index in [1.54, 1.807) is 0 Å². The molecule has 3 rings (SSSR count). The van der Waals surface area contributed by atoms with E-state index in [0.717, 1.165) is 33.5 Å². The van der Waals surface area contributed by atoms with Crippen LogP contribution in [0.5, 0.6) is 11.5 Å². The Bertz CT molecular complexity index is 659. The van der Waals surface area contributed by atoms with Gasteiger partial charge in [-0.15, -0.1) is 0 Å². The molecule has 1 heterocycles. The Kier molecular flexibility index (Phi) is 3.80. The van der Waals surface area contributed by atoms with Gasteiger partial charge >= 0.3 is 0 Å². The minimum absolute atomic E-state index is 0.297. The van der Waals surface area contributed by atoms with Crippen LogP contribution in [0.4, 0.5) is 11.4 Å². The molecule has 0 aliphatic carbocycles. The maximum atomic E-state index is 6.26. The van der Waals surface area contributed by atoms with Crippen LogP contribution in [0, 0.1) is 0 Å². The van der Waals surface area contributed by atoms with Gasteiger partial charge in [0.1, 0.15) is 0 Å². The quantitative estimate of drug-likeness (QED) is 0.933. The molecule has 0 bridgehead atoms. The fraction of sp³-hybridized carbons (Fsp3) is 0.250. The summed E-state index contributed by atoms with van der Waals surface area (Å²) in [5.74, 6) is 1.60. The van der Waals surface area contributed by atoms with E-state index < -0.39 is 0 Å². The van der Waals surface area contributed by atoms with Crippen molar-refractivity contribution in [1.29, 1.82) is 0 Å². The molecular weight excluding hydrogens is 288 g/mol. The average molecular weight is 305 g/mol. The van der Waals surface area contributed by atoms with Gasteiger partial charge in [0.05, 0.1) is 16.4 Å². The van der Waals surface area contributed by atoms with Crippen LogP contribution in [-0.2, 0) is 6.54 Å². The molecule has 110 valence electrons. The Hall–Kier alpha value is -2.07. The number of hydrogen-bond acceptors (Lipinski definition) is 4. The van der Waals surface area contributed by atoms with E-state index in [9.17, 15) is 0 Å². The molecule has 0 spiro atoms. The van der Waals surface area contributed by atoms with Crippen LogP contribution in [0.1, 0.15) is 5.56 Å². The summed E-state index contributed by atoms with van der Waals surface area (Å²) in [4.78, 5) is 2.00. The van der Waals surface area contributed by atoms with Crippen LogP contribution in [0.15, 0.2) is 36.4 Å². The first-order valence-corrected chi connectivity index (χ1v) is 7.11. The number of rotatable bonds is 4. The number of ether oxygens (including phenoxy) is 2. The lowest BCUT2D eigenvalue weighted by Gasteiger charge is -2.20. The third-order valence-electron chi connectivity index (χ3n) is 3.35. The van der Waals surface area contributed by atoms with Gasteiger partial charge in [-0.2, -0.15) is 0 Å². The van der Waals surface area contributed by atoms with Crippen molar-refractivity contribution >= 4 is 23.0 Å². The molecule has 0 saturated carbocycles. The summed E-state index contributed by atoms with van der Waals surface area (Å²) in [6, 6.07) is 11.8. The highest BCUT2D eigenvalue weighted by molar-refractivity contribution is 6.34. The Balaban J connectivity index is 1.78. The van der Waals surface area contributed by atoms with E-state index in [-0.39, 0.29) is 0 Å². The van der Waals surface area contributed by atoms with Crippen LogP contribution < -0.4 is 19.7 Å². The van der Waals surface area contributed by atoms with Gasteiger partial charge in [-0.05, 0) is 29.8 Å². The molecule has 4 nitrogen and oxygen atoms in total. The smallest absolute Gasteiger partial charge is 0.231 e. The Morgan fingerprint density at radius 3 is 2.76 bits per heavy atom. The molecule has 5 heteroatoms. The summed E-state index contributed by atoms with van der Waals surface area (Å²) >= 11 is 6.26. The Labute approximate surface area is 129 Å². The molecule has 1 aliphatic heterocycles. The molecule has 0 saturated heterocycles. The van der Waals surface area contributed by atoms with Gasteiger partial charge in [0.15, 0.2) is 11.5 Å². The van der Waals surface area contributed by atoms with Gasteiger partial charge in [-0.1, -0.05) is 23.7 Å². The second kappa shape index (κ2) is 5.74. The number of benzene rings is 2. The summed E-state index contributed by atoms with van der Waals surface area (Å²) in [7, 11) is 3.96. The van der Waals surface area contributed by atoms with Gasteiger partial charge < -0.3 is 19.7 Å². The number of fused-ring (bicyclic) bond motifs is 1. The van der Waals surface area contributed by atoms with Gasteiger partial charge in [0, 0.05) is 20.6 Å². The molecule has 1 N–H and O–H groups in total. The molecule has 2 aromatic carbocycles. The molecule has 0 atom stereocenters. The zero-order valence-electron chi connectivity index (χ0n) is 12.0. The molecular formula is C16H17ClN2O2. The van der Waals surface area contributed by atoms with Crippen molar-refractivity contribution in [2.75, 3.05) is 31.1 Å². The van der Waals surface area contributed by atoms with Crippen LogP contribution in [-0.4, -0.2) is 20.9 Å². The Morgan fingerprint density at radius 2 is 1.95 bits per heavy atom. The van der Waals surface area contributed by atoms with Gasteiger partial charge in [-0.25, -0.2) is 0 Å². The van der Waals surface area contributed by atoms with E-state index in [4.69, 9.17) is 21.1 Å². The van der Waals surface area contributed by atoms with Crippen molar-refractivity contribution in [1.82, 2.24) is 0 Å². The minimum Gasteiger partial charge on any atom is -0.454 e. The molecule has 1 aliphatic rings. The van der Waals surface area contributed by atoms with E-state index in [2.05, 4.69) is 5.32 Å². The zero-order valence-corrected chi connectivity index (χ0v) is 12.8. The first-order valence-electron chi connectivity index (χ1n) is 6.73. The van der Waals surface area contributed by atoms with Gasteiger partial charge in [-0.3, -0.25) is 0 Å². The molecule has 0 radical (unpaired) electrons. The van der Waals surface area contributed by atoms with Crippen LogP contribution in [0.25, 0.3) is 0 Å². The maximum Gasteiger partial charge on any atom is 0.231 e. The number of nitrogens with zero attached hydrogens (tertiary/aromatic N) is 1. The van der Waals surface area contributed by atoms with Gasteiger partial charge in [0.25, 0.3) is 0 Å². The highest BCUT2D eigenvalue weighted by Gasteiger charge is 2.13. The lowest BCUT2D eigenvalue weighted by atomic mass is 10.2. The first kappa shape index (κ1) is 13.9. The third kappa shape index (κ3) is 2.85. The Morgan fingerprint density at radius 1 is 1.14 bits per heavy atom. The van der Waals surface area contributed by atoms with Crippen molar-refractivity contribution in [3.8, 4) is 11.5 Å². The summed E-state index contributed by atoms with van der Waals surface area (Å²) < 4.78 is 10.7. The standard InChI is InChI=1S/C16H17ClN2O2/c1-19(2)16-12(17)4-3-5-13(16)18-9-11-6-7-14-15(8-11)21-10-20-14/h3-8,18H,9-10H2,1-2H3. The minimum atomic E-state index is 0.297.